The van der Waals surface area contributed by atoms with E-state index < -0.39 is 6.10 Å². The zero-order valence-electron chi connectivity index (χ0n) is 11.7. The summed E-state index contributed by atoms with van der Waals surface area (Å²) in [6, 6.07) is 5.86. The smallest absolute Gasteiger partial charge is 0.124 e. The summed E-state index contributed by atoms with van der Waals surface area (Å²) in [4.78, 5) is 0. The molecule has 1 fully saturated rings. The Morgan fingerprint density at radius 1 is 1.53 bits per heavy atom. The van der Waals surface area contributed by atoms with Crippen molar-refractivity contribution in [2.45, 2.75) is 19.4 Å². The standard InChI is InChI=1S/C15H23NO3/c1-11-3-4-15(18-2)13(7-11)14(17)9-16-8-12-5-6-19-10-12/h3-4,7,12,14,16-17H,5-6,8-10H2,1-2H3. The first-order valence-electron chi connectivity index (χ1n) is 6.81. The molecule has 2 N–H and O–H groups in total. The molecule has 106 valence electrons. The van der Waals surface area contributed by atoms with Gasteiger partial charge in [-0.15, -0.1) is 0 Å². The molecule has 2 unspecified atom stereocenters. The topological polar surface area (TPSA) is 50.7 Å². The fraction of sp³-hybridized carbons (Fsp3) is 0.600. The fourth-order valence-electron chi connectivity index (χ4n) is 2.39. The number of ether oxygens (including phenoxy) is 2. The van der Waals surface area contributed by atoms with Crippen LogP contribution in [0.5, 0.6) is 5.75 Å². The van der Waals surface area contributed by atoms with E-state index in [1.807, 2.05) is 25.1 Å². The van der Waals surface area contributed by atoms with Crippen LogP contribution in [-0.2, 0) is 4.74 Å². The van der Waals surface area contributed by atoms with E-state index in [4.69, 9.17) is 9.47 Å². The molecular weight excluding hydrogens is 242 g/mol. The van der Waals surface area contributed by atoms with E-state index in [1.165, 1.54) is 0 Å². The van der Waals surface area contributed by atoms with Crippen molar-refractivity contribution >= 4 is 0 Å². The molecule has 1 aromatic carbocycles. The van der Waals surface area contributed by atoms with Gasteiger partial charge < -0.3 is 19.9 Å². The van der Waals surface area contributed by atoms with E-state index in [1.54, 1.807) is 7.11 Å². The molecule has 0 saturated carbocycles. The minimum Gasteiger partial charge on any atom is -0.496 e. The zero-order chi connectivity index (χ0) is 13.7. The van der Waals surface area contributed by atoms with Crippen molar-refractivity contribution in [2.24, 2.45) is 5.92 Å². The predicted octanol–water partition coefficient (Wildman–Crippen LogP) is 1.66. The minimum atomic E-state index is -0.544. The second-order valence-electron chi connectivity index (χ2n) is 5.15. The van der Waals surface area contributed by atoms with Crippen molar-refractivity contribution in [1.82, 2.24) is 5.32 Å². The maximum absolute atomic E-state index is 10.3. The van der Waals surface area contributed by atoms with Crippen LogP contribution < -0.4 is 10.1 Å². The van der Waals surface area contributed by atoms with Gasteiger partial charge in [-0.3, -0.25) is 0 Å². The summed E-state index contributed by atoms with van der Waals surface area (Å²) >= 11 is 0. The molecule has 2 rings (SSSR count). The van der Waals surface area contributed by atoms with Crippen molar-refractivity contribution in [3.63, 3.8) is 0 Å². The molecule has 0 bridgehead atoms. The number of aliphatic hydroxyl groups excluding tert-OH is 1. The van der Waals surface area contributed by atoms with E-state index in [0.717, 1.165) is 43.1 Å². The van der Waals surface area contributed by atoms with Gasteiger partial charge in [-0.05, 0) is 31.4 Å². The van der Waals surface area contributed by atoms with Crippen molar-refractivity contribution in [1.29, 1.82) is 0 Å². The maximum Gasteiger partial charge on any atom is 0.124 e. The number of benzene rings is 1. The summed E-state index contributed by atoms with van der Waals surface area (Å²) in [5, 5.41) is 13.6. The summed E-state index contributed by atoms with van der Waals surface area (Å²) < 4.78 is 10.6. The van der Waals surface area contributed by atoms with Crippen LogP contribution in [-0.4, -0.2) is 38.5 Å². The molecule has 1 aromatic rings. The first-order chi connectivity index (χ1) is 9.20. The number of aryl methyl sites for hydroxylation is 1. The van der Waals surface area contributed by atoms with Gasteiger partial charge in [0.1, 0.15) is 5.75 Å². The van der Waals surface area contributed by atoms with Gasteiger partial charge >= 0.3 is 0 Å². The van der Waals surface area contributed by atoms with Crippen molar-refractivity contribution in [3.8, 4) is 5.75 Å². The Hall–Kier alpha value is -1.10. The van der Waals surface area contributed by atoms with Gasteiger partial charge in [0.05, 0.1) is 19.8 Å². The largest absolute Gasteiger partial charge is 0.496 e. The number of methoxy groups -OCH3 is 1. The van der Waals surface area contributed by atoms with E-state index in [9.17, 15) is 5.11 Å². The first-order valence-corrected chi connectivity index (χ1v) is 6.81. The highest BCUT2D eigenvalue weighted by Crippen LogP contribution is 2.25. The van der Waals surface area contributed by atoms with Crippen LogP contribution in [0.25, 0.3) is 0 Å². The van der Waals surface area contributed by atoms with Gasteiger partial charge in [0, 0.05) is 25.3 Å². The second-order valence-corrected chi connectivity index (χ2v) is 5.15. The van der Waals surface area contributed by atoms with E-state index in [2.05, 4.69) is 5.32 Å². The Morgan fingerprint density at radius 2 is 2.37 bits per heavy atom. The number of hydrogen-bond donors (Lipinski definition) is 2. The molecule has 19 heavy (non-hydrogen) atoms. The summed E-state index contributed by atoms with van der Waals surface area (Å²) in [5.74, 6) is 1.32. The summed E-state index contributed by atoms with van der Waals surface area (Å²) in [7, 11) is 1.63. The van der Waals surface area contributed by atoms with Crippen molar-refractivity contribution in [2.75, 3.05) is 33.4 Å². The predicted molar refractivity (Wildman–Crippen MR) is 74.5 cm³/mol. The molecule has 2 atom stereocenters. The molecular formula is C15H23NO3. The van der Waals surface area contributed by atoms with E-state index >= 15 is 0 Å². The lowest BCUT2D eigenvalue weighted by atomic mass is 10.0. The van der Waals surface area contributed by atoms with E-state index in [0.29, 0.717) is 12.5 Å². The lowest BCUT2D eigenvalue weighted by Gasteiger charge is -2.17. The number of rotatable bonds is 6. The molecule has 0 spiro atoms. The molecule has 1 heterocycles. The van der Waals surface area contributed by atoms with Crippen molar-refractivity contribution in [3.05, 3.63) is 29.3 Å². The fourth-order valence-corrected chi connectivity index (χ4v) is 2.39. The van der Waals surface area contributed by atoms with Crippen LogP contribution in [0.4, 0.5) is 0 Å². The third-order valence-electron chi connectivity index (χ3n) is 3.54. The number of nitrogens with one attached hydrogen (secondary N) is 1. The summed E-state index contributed by atoms with van der Waals surface area (Å²) in [6.07, 6.45) is 0.564. The Labute approximate surface area is 114 Å². The van der Waals surface area contributed by atoms with Gasteiger partial charge in [-0.1, -0.05) is 11.6 Å². The van der Waals surface area contributed by atoms with Gasteiger partial charge in [-0.2, -0.15) is 0 Å². The third kappa shape index (κ3) is 3.93. The Bertz CT molecular complexity index is 402. The molecule has 4 heteroatoms. The number of aliphatic hydroxyl groups is 1. The molecule has 1 aliphatic heterocycles. The SMILES string of the molecule is COc1ccc(C)cc1C(O)CNCC1CCOC1. The second kappa shape index (κ2) is 6.89. The summed E-state index contributed by atoms with van der Waals surface area (Å²) in [6.45, 7) is 5.14. The van der Waals surface area contributed by atoms with Crippen LogP contribution in [0.1, 0.15) is 23.7 Å². The highest BCUT2D eigenvalue weighted by atomic mass is 16.5. The van der Waals surface area contributed by atoms with Crippen LogP contribution in [0.2, 0.25) is 0 Å². The molecule has 1 aliphatic rings. The molecule has 0 radical (unpaired) electrons. The average Bonchev–Trinajstić information content (AvgIpc) is 2.91. The van der Waals surface area contributed by atoms with Crippen LogP contribution in [0.3, 0.4) is 0 Å². The Kier molecular flexibility index (Phi) is 5.19. The minimum absolute atomic E-state index is 0.538. The third-order valence-corrected chi connectivity index (χ3v) is 3.54. The molecule has 1 saturated heterocycles. The average molecular weight is 265 g/mol. The molecule has 0 amide bonds. The number of hydrogen-bond acceptors (Lipinski definition) is 4. The van der Waals surface area contributed by atoms with Crippen molar-refractivity contribution < 1.29 is 14.6 Å². The Morgan fingerprint density at radius 3 is 3.05 bits per heavy atom. The van der Waals surface area contributed by atoms with Gasteiger partial charge in [0.2, 0.25) is 0 Å². The molecule has 0 aliphatic carbocycles. The Balaban J connectivity index is 1.87. The van der Waals surface area contributed by atoms with Gasteiger partial charge in [0.15, 0.2) is 0 Å². The molecule has 4 nitrogen and oxygen atoms in total. The van der Waals surface area contributed by atoms with E-state index in [-0.39, 0.29) is 0 Å². The quantitative estimate of drug-likeness (QED) is 0.821. The summed E-state index contributed by atoms with van der Waals surface area (Å²) in [5.41, 5.74) is 1.97. The molecule has 0 aromatic heterocycles. The lowest BCUT2D eigenvalue weighted by Crippen LogP contribution is -2.27. The normalized spacial score (nSPS) is 20.5. The lowest BCUT2D eigenvalue weighted by molar-refractivity contribution is 0.163. The van der Waals surface area contributed by atoms with Crippen LogP contribution in [0, 0.1) is 12.8 Å². The zero-order valence-corrected chi connectivity index (χ0v) is 11.7. The van der Waals surface area contributed by atoms with Gasteiger partial charge in [0.25, 0.3) is 0 Å². The van der Waals surface area contributed by atoms with Crippen LogP contribution >= 0.6 is 0 Å². The van der Waals surface area contributed by atoms with Crippen LogP contribution in [0.15, 0.2) is 18.2 Å². The monoisotopic (exact) mass is 265 g/mol. The maximum atomic E-state index is 10.3. The highest BCUT2D eigenvalue weighted by Gasteiger charge is 2.17. The first kappa shape index (κ1) is 14.3. The highest BCUT2D eigenvalue weighted by molar-refractivity contribution is 5.38. The van der Waals surface area contributed by atoms with Gasteiger partial charge in [-0.25, -0.2) is 0 Å².